The third-order valence-corrected chi connectivity index (χ3v) is 19.9. The Kier molecular flexibility index (Phi) is 20.2. The highest BCUT2D eigenvalue weighted by Gasteiger charge is 2.29. The monoisotopic (exact) mass is 1520 g/mol. The quantitative estimate of drug-likeness (QED) is 0.0594. The summed E-state index contributed by atoms with van der Waals surface area (Å²) in [4.78, 5) is 76.7. The summed E-state index contributed by atoms with van der Waals surface area (Å²) in [5.41, 5.74) is 33.0. The number of hydrogen-bond donors (Lipinski definition) is 4. The van der Waals surface area contributed by atoms with E-state index in [1.807, 2.05) is 103 Å². The van der Waals surface area contributed by atoms with E-state index in [-0.39, 0.29) is 66.0 Å². The molecule has 0 bridgehead atoms. The first kappa shape index (κ1) is 72.1. The number of carbonyl (C=O) groups is 3. The van der Waals surface area contributed by atoms with Crippen LogP contribution in [-0.2, 0) is 14.4 Å². The minimum Gasteiger partial charge on any atom is -0.466 e. The number of pyridine rings is 6. The molecule has 0 spiro atoms. The first-order chi connectivity index (χ1) is 53.2. The lowest BCUT2D eigenvalue weighted by molar-refractivity contribution is -0.121. The van der Waals surface area contributed by atoms with Crippen molar-refractivity contribution in [2.24, 2.45) is 16.5 Å². The van der Waals surface area contributed by atoms with Gasteiger partial charge in [-0.1, -0.05) is 41.9 Å². The van der Waals surface area contributed by atoms with Crippen molar-refractivity contribution in [1.29, 1.82) is 0 Å². The number of amides is 3. The predicted molar refractivity (Wildman–Crippen MR) is 422 cm³/mol. The SMILES string of the molecule is Cc1cc(-c2nc3c(cc2-c2ccc4ncccc4c2)NC(=O)CO3)ccc1F.Cc1cc(-c2nc3c(cc2-c2ccc4ncsc4c2)N(C)C(=O)CO3)ccc1F.Cc1cc(-c2nc3c(cc2-c2ccc4ncsc4c2)NC(=O)CO3)ccc1F.NC(N)=Nc1ccc(-c2cccnc2-c2ccc(F)c(Cl)c2)cn1. The summed E-state index contributed by atoms with van der Waals surface area (Å²) in [6, 6.07) is 53.9. The third-order valence-electron chi connectivity index (χ3n) is 18.0. The number of halogens is 5. The van der Waals surface area contributed by atoms with E-state index in [9.17, 15) is 31.9 Å². The molecule has 11 heterocycles. The molecule has 20 nitrogen and oxygen atoms in total. The van der Waals surface area contributed by atoms with Crippen LogP contribution in [0.15, 0.2) is 217 Å². The molecule has 110 heavy (non-hydrogen) atoms. The molecule has 0 atom stereocenters. The first-order valence-electron chi connectivity index (χ1n) is 33.9. The van der Waals surface area contributed by atoms with Crippen molar-refractivity contribution in [3.05, 3.63) is 257 Å². The molecule has 0 saturated carbocycles. The lowest BCUT2D eigenvalue weighted by Crippen LogP contribution is -2.35. The van der Waals surface area contributed by atoms with Gasteiger partial charge in [-0.3, -0.25) is 24.4 Å². The number of nitrogens with zero attached hydrogens (tertiary/aromatic N) is 10. The number of nitrogens with one attached hydrogen (secondary N) is 2. The highest BCUT2D eigenvalue weighted by Crippen LogP contribution is 2.45. The smallest absolute Gasteiger partial charge is 0.264 e. The Morgan fingerprint density at radius 3 is 1.45 bits per heavy atom. The molecule has 3 aliphatic heterocycles. The third kappa shape index (κ3) is 15.3. The molecule has 0 saturated heterocycles. The van der Waals surface area contributed by atoms with Gasteiger partial charge in [0, 0.05) is 81.1 Å². The summed E-state index contributed by atoms with van der Waals surface area (Å²) in [5.74, 6) is -0.380. The van der Waals surface area contributed by atoms with Crippen molar-refractivity contribution in [3.8, 4) is 107 Å². The van der Waals surface area contributed by atoms with Crippen LogP contribution >= 0.6 is 34.3 Å². The minimum atomic E-state index is -0.471. The lowest BCUT2D eigenvalue weighted by Gasteiger charge is -2.26. The van der Waals surface area contributed by atoms with Gasteiger partial charge in [0.15, 0.2) is 31.6 Å². The Morgan fingerprint density at radius 2 is 0.927 bits per heavy atom. The van der Waals surface area contributed by atoms with E-state index in [4.69, 9.17) is 42.3 Å². The second-order valence-electron chi connectivity index (χ2n) is 25.4. The van der Waals surface area contributed by atoms with Gasteiger partial charge in [-0.2, -0.15) is 4.99 Å². The number of likely N-dealkylation sites (N-methyl/N-ethyl adjacent to an activating group) is 1. The van der Waals surface area contributed by atoms with E-state index in [0.29, 0.717) is 85.5 Å². The highest BCUT2D eigenvalue weighted by molar-refractivity contribution is 7.17. The largest absolute Gasteiger partial charge is 0.466 e. The van der Waals surface area contributed by atoms with E-state index in [1.165, 1.54) is 24.3 Å². The highest BCUT2D eigenvalue weighted by atomic mass is 35.5. The maximum absolute atomic E-state index is 13.8. The Balaban J connectivity index is 0.000000117. The van der Waals surface area contributed by atoms with Crippen LogP contribution in [0.5, 0.6) is 17.6 Å². The van der Waals surface area contributed by atoms with Gasteiger partial charge >= 0.3 is 0 Å². The molecule has 3 aliphatic rings. The van der Waals surface area contributed by atoms with Crippen LogP contribution in [-0.4, -0.2) is 90.4 Å². The average Bonchev–Trinajstić information content (AvgIpc) is 1.57. The summed E-state index contributed by atoms with van der Waals surface area (Å²) in [7, 11) is 1.71. The summed E-state index contributed by atoms with van der Waals surface area (Å²) in [6.45, 7) is 4.96. The Hall–Kier alpha value is -13.4. The number of aryl methyl sites for hydroxylation is 3. The van der Waals surface area contributed by atoms with Crippen LogP contribution in [0.4, 0.5) is 40.4 Å². The molecule has 0 fully saturated rings. The van der Waals surface area contributed by atoms with Crippen LogP contribution in [0.2, 0.25) is 5.02 Å². The number of carbonyl (C=O) groups excluding carboxylic acids is 3. The molecule has 3 amide bonds. The molecule has 0 radical (unpaired) electrons. The van der Waals surface area contributed by atoms with Gasteiger partial charge < -0.3 is 41.2 Å². The van der Waals surface area contributed by atoms with Crippen LogP contribution < -0.4 is 41.2 Å². The normalized spacial score (nSPS) is 12.6. The maximum atomic E-state index is 13.8. The number of benzene rings is 7. The Morgan fingerprint density at radius 1 is 0.464 bits per heavy atom. The number of rotatable bonds is 9. The van der Waals surface area contributed by atoms with Gasteiger partial charge in [-0.25, -0.2) is 47.5 Å². The minimum absolute atomic E-state index is 0.0466. The Bertz CT molecular complexity index is 6220. The molecule has 8 aromatic heterocycles. The number of aromatic nitrogens is 8. The van der Waals surface area contributed by atoms with E-state index in [2.05, 4.69) is 56.6 Å². The molecular weight excluding hydrogens is 1460 g/mol. The van der Waals surface area contributed by atoms with Crippen LogP contribution in [0.3, 0.4) is 0 Å². The first-order valence-corrected chi connectivity index (χ1v) is 36.0. The molecule has 0 aliphatic carbocycles. The maximum Gasteiger partial charge on any atom is 0.264 e. The summed E-state index contributed by atoms with van der Waals surface area (Å²) in [5, 5.41) is 6.65. The zero-order chi connectivity index (χ0) is 76.4. The van der Waals surface area contributed by atoms with Crippen molar-refractivity contribution in [2.45, 2.75) is 20.8 Å². The van der Waals surface area contributed by atoms with Gasteiger partial charge in [0.1, 0.15) is 40.3 Å². The Labute approximate surface area is 637 Å². The average molecular weight is 1520 g/mol. The van der Waals surface area contributed by atoms with Crippen LogP contribution in [0.1, 0.15) is 16.7 Å². The van der Waals surface area contributed by atoms with Crippen molar-refractivity contribution >= 4 is 112 Å². The number of aliphatic imine (C=N–C) groups is 1. The predicted octanol–water partition coefficient (Wildman–Crippen LogP) is 17.9. The van der Waals surface area contributed by atoms with E-state index < -0.39 is 5.82 Å². The molecule has 7 aromatic carbocycles. The second-order valence-corrected chi connectivity index (χ2v) is 27.6. The number of anilines is 3. The summed E-state index contributed by atoms with van der Waals surface area (Å²) in [6.07, 6.45) is 5.06. The van der Waals surface area contributed by atoms with Crippen molar-refractivity contribution < 1.29 is 46.2 Å². The van der Waals surface area contributed by atoms with Gasteiger partial charge in [0.25, 0.3) is 17.7 Å². The van der Waals surface area contributed by atoms with Crippen LogP contribution in [0, 0.1) is 44.0 Å². The van der Waals surface area contributed by atoms with Gasteiger partial charge in [0.2, 0.25) is 17.6 Å². The van der Waals surface area contributed by atoms with Gasteiger partial charge in [-0.15, -0.1) is 22.7 Å². The molecule has 0 unspecified atom stereocenters. The number of nitrogens with two attached hydrogens (primary N) is 2. The zero-order valence-electron chi connectivity index (χ0n) is 58.6. The summed E-state index contributed by atoms with van der Waals surface area (Å²) >= 11 is 9.00. The van der Waals surface area contributed by atoms with Crippen LogP contribution in [0.25, 0.3) is 121 Å². The number of ether oxygens (including phenoxy) is 3. The van der Waals surface area contributed by atoms with Crippen molar-refractivity contribution in [2.75, 3.05) is 42.4 Å². The fourth-order valence-electron chi connectivity index (χ4n) is 12.5. The number of guanidine groups is 1. The van der Waals surface area contributed by atoms with E-state index >= 15 is 0 Å². The molecule has 18 rings (SSSR count). The fourth-order valence-corrected chi connectivity index (χ4v) is 14.1. The molecular formula is C83H59ClF4N14O6S2. The van der Waals surface area contributed by atoms with Crippen molar-refractivity contribution in [3.63, 3.8) is 0 Å². The van der Waals surface area contributed by atoms with Gasteiger partial charge in [-0.05, 0) is 206 Å². The number of thiazole rings is 2. The van der Waals surface area contributed by atoms with Gasteiger partial charge in [0.05, 0.1) is 64.8 Å². The van der Waals surface area contributed by atoms with E-state index in [0.717, 1.165) is 92.5 Å². The van der Waals surface area contributed by atoms with Crippen molar-refractivity contribution in [1.82, 2.24) is 39.9 Å². The zero-order valence-corrected chi connectivity index (χ0v) is 61.0. The number of fused-ring (bicyclic) bond motifs is 6. The summed E-state index contributed by atoms with van der Waals surface area (Å²) < 4.78 is 73.6. The topological polar surface area (TPSA) is 274 Å². The molecule has 6 N–H and O–H groups in total. The lowest BCUT2D eigenvalue weighted by atomic mass is 9.96. The second kappa shape index (κ2) is 30.8. The standard InChI is InChI=1S/C23H16FN3O2.C22H16FN3O2S.C21H14FN3O2S.C17H13ClFN5/c1-13-9-16(4-6-18(13)24)22-17(11-20-23(27-22)29-12-21(28)26-20)14-5-7-19-15(10-14)3-2-8-25-19;1-12-7-14(3-5-16(12)23)21-15(13-4-6-17-19(8-13)29-11-24-17)9-18-22(25-21)28-10-20(27)26(18)2;1-11-6-13(2-4-15(11)22)20-14(8-17-21(25-20)27-9-19(26)24-17)12-3-5-16-18(7-12)28-10-23-16;18-13-8-10(3-5-14(13)19)16-12(2-1-7-22-16)11-4-6-15(23-9-11)24-17(20)21/h2-11H,12H2,1H3,(H,26,28);3-9,11H,10H2,1-2H3;2-8,10H,9H2,1H3,(H,24,26);1-9H,(H4,20,21,23,24). The molecule has 27 heteroatoms. The molecule has 544 valence electrons. The fraction of sp³-hybridized carbons (Fsp3) is 0.0843. The molecule has 15 aromatic rings. The van der Waals surface area contributed by atoms with E-state index in [1.54, 1.807) is 134 Å². The number of hydrogen-bond acceptors (Lipinski definition) is 17.